The van der Waals surface area contributed by atoms with E-state index in [4.69, 9.17) is 35.4 Å². The van der Waals surface area contributed by atoms with Crippen molar-refractivity contribution in [1.82, 2.24) is 4.90 Å². The van der Waals surface area contributed by atoms with E-state index in [-0.39, 0.29) is 18.2 Å². The fourth-order valence-electron chi connectivity index (χ4n) is 2.95. The van der Waals surface area contributed by atoms with Gasteiger partial charge in [-0.1, -0.05) is 83.6 Å². The lowest BCUT2D eigenvalue weighted by molar-refractivity contribution is -0.122. The van der Waals surface area contributed by atoms with E-state index in [1.165, 1.54) is 11.8 Å². The van der Waals surface area contributed by atoms with E-state index in [0.717, 1.165) is 11.1 Å². The molecular formula is C23H20Cl2N2O2S2. The van der Waals surface area contributed by atoms with Crippen LogP contribution in [0, 0.1) is 0 Å². The minimum atomic E-state index is -0.188. The molecule has 4 nitrogen and oxygen atoms in total. The molecule has 1 aliphatic heterocycles. The summed E-state index contributed by atoms with van der Waals surface area (Å²) >= 11 is 18.6. The molecule has 2 amide bonds. The Labute approximate surface area is 201 Å². The number of carbonyl (C=O) groups is 2. The number of amides is 2. The third-order valence-electron chi connectivity index (χ3n) is 4.42. The summed E-state index contributed by atoms with van der Waals surface area (Å²) in [5.41, 5.74) is 2.54. The first-order valence-corrected chi connectivity index (χ1v) is 11.5. The van der Waals surface area contributed by atoms with Gasteiger partial charge in [-0.2, -0.15) is 0 Å². The highest BCUT2D eigenvalue weighted by Crippen LogP contribution is 2.32. The maximum absolute atomic E-state index is 12.7. The van der Waals surface area contributed by atoms with Crippen molar-refractivity contribution in [2.45, 2.75) is 19.8 Å². The van der Waals surface area contributed by atoms with Crippen molar-refractivity contribution in [2.24, 2.45) is 0 Å². The van der Waals surface area contributed by atoms with Crippen molar-refractivity contribution in [2.75, 3.05) is 11.9 Å². The van der Waals surface area contributed by atoms with Crippen molar-refractivity contribution < 1.29 is 9.59 Å². The Balaban J connectivity index is 1.54. The first-order valence-electron chi connectivity index (χ1n) is 9.57. The number of carbonyl (C=O) groups excluding carboxylic acids is 2. The van der Waals surface area contributed by atoms with E-state index in [1.807, 2.05) is 49.4 Å². The van der Waals surface area contributed by atoms with Gasteiger partial charge in [0.15, 0.2) is 0 Å². The highest BCUT2D eigenvalue weighted by Gasteiger charge is 2.31. The summed E-state index contributed by atoms with van der Waals surface area (Å²) in [6, 6.07) is 14.8. The van der Waals surface area contributed by atoms with Crippen LogP contribution in [-0.2, 0) is 9.59 Å². The molecule has 2 aromatic carbocycles. The van der Waals surface area contributed by atoms with E-state index in [1.54, 1.807) is 23.1 Å². The predicted molar refractivity (Wildman–Crippen MR) is 134 cm³/mol. The van der Waals surface area contributed by atoms with Gasteiger partial charge in [-0.25, -0.2) is 0 Å². The molecule has 0 bridgehead atoms. The van der Waals surface area contributed by atoms with E-state index in [2.05, 4.69) is 5.32 Å². The first-order chi connectivity index (χ1) is 14.8. The third-order valence-corrected chi connectivity index (χ3v) is 6.34. The largest absolute Gasteiger partial charge is 0.325 e. The van der Waals surface area contributed by atoms with Crippen LogP contribution >= 0.6 is 47.2 Å². The van der Waals surface area contributed by atoms with Crippen LogP contribution in [0.4, 0.5) is 5.69 Å². The van der Waals surface area contributed by atoms with Gasteiger partial charge in [-0.05, 0) is 48.8 Å². The number of halogens is 2. The molecule has 0 spiro atoms. The average Bonchev–Trinajstić information content (AvgIpc) is 2.98. The van der Waals surface area contributed by atoms with Crippen molar-refractivity contribution in [3.8, 4) is 0 Å². The molecule has 0 unspecified atom stereocenters. The topological polar surface area (TPSA) is 49.4 Å². The SMILES string of the molecule is CC(/C=C1\SC(=S)N(CCCC(=O)Nc2ccc(Cl)cc2Cl)C1=O)=C\c1ccccc1. The molecule has 1 saturated heterocycles. The Hall–Kier alpha value is -2.12. The van der Waals surface area contributed by atoms with E-state index in [9.17, 15) is 9.59 Å². The molecule has 0 aromatic heterocycles. The van der Waals surface area contributed by atoms with Crippen LogP contribution in [0.2, 0.25) is 10.0 Å². The molecule has 2 aromatic rings. The molecule has 3 rings (SSSR count). The number of hydrogen-bond donors (Lipinski definition) is 1. The normalized spacial score (nSPS) is 15.6. The second-order valence-electron chi connectivity index (χ2n) is 6.91. The van der Waals surface area contributed by atoms with Crippen LogP contribution in [0.3, 0.4) is 0 Å². The molecule has 1 aliphatic rings. The maximum Gasteiger partial charge on any atom is 0.266 e. The van der Waals surface area contributed by atoms with Crippen molar-refractivity contribution in [3.05, 3.63) is 80.7 Å². The summed E-state index contributed by atoms with van der Waals surface area (Å²) in [6.07, 6.45) is 4.58. The minimum Gasteiger partial charge on any atom is -0.325 e. The Morgan fingerprint density at radius 3 is 2.65 bits per heavy atom. The van der Waals surface area contributed by atoms with Gasteiger partial charge in [0.25, 0.3) is 5.91 Å². The summed E-state index contributed by atoms with van der Waals surface area (Å²) < 4.78 is 0.505. The third kappa shape index (κ3) is 6.68. The van der Waals surface area contributed by atoms with Crippen LogP contribution in [0.25, 0.3) is 6.08 Å². The summed E-state index contributed by atoms with van der Waals surface area (Å²) in [5.74, 6) is -0.316. The predicted octanol–water partition coefficient (Wildman–Crippen LogP) is 6.56. The maximum atomic E-state index is 12.7. The van der Waals surface area contributed by atoms with Crippen molar-refractivity contribution >= 4 is 75.1 Å². The molecule has 1 fully saturated rings. The number of thiocarbonyl (C=S) groups is 1. The van der Waals surface area contributed by atoms with Gasteiger partial charge in [0.1, 0.15) is 4.32 Å². The van der Waals surface area contributed by atoms with Crippen molar-refractivity contribution in [3.63, 3.8) is 0 Å². The lowest BCUT2D eigenvalue weighted by atomic mass is 10.1. The molecular weight excluding hydrogens is 471 g/mol. The van der Waals surface area contributed by atoms with Gasteiger partial charge in [0, 0.05) is 18.0 Å². The standard InChI is InChI=1S/C23H20Cl2N2O2S2/c1-15(12-16-6-3-2-4-7-16)13-20-22(29)27(23(30)31-20)11-5-8-21(28)26-19-10-9-17(24)14-18(19)25/h2-4,6-7,9-10,12-14H,5,8,11H2,1H3,(H,26,28)/b15-12+,20-13-. The lowest BCUT2D eigenvalue weighted by Gasteiger charge is -2.14. The number of hydrogen-bond acceptors (Lipinski definition) is 4. The monoisotopic (exact) mass is 490 g/mol. The Morgan fingerprint density at radius 1 is 1.19 bits per heavy atom. The quantitative estimate of drug-likeness (QED) is 0.352. The van der Waals surface area contributed by atoms with Gasteiger partial charge in [-0.3, -0.25) is 14.5 Å². The zero-order chi connectivity index (χ0) is 22.4. The molecule has 160 valence electrons. The Bertz CT molecular complexity index is 1070. The van der Waals surface area contributed by atoms with Crippen LogP contribution in [0.5, 0.6) is 0 Å². The number of anilines is 1. The highest BCUT2D eigenvalue weighted by molar-refractivity contribution is 8.26. The number of rotatable bonds is 7. The molecule has 0 saturated carbocycles. The van der Waals surface area contributed by atoms with Gasteiger partial charge in [0.05, 0.1) is 15.6 Å². The lowest BCUT2D eigenvalue weighted by Crippen LogP contribution is -2.29. The fourth-order valence-corrected chi connectivity index (χ4v) is 4.77. The fraction of sp³-hybridized carbons (Fsp3) is 0.174. The Morgan fingerprint density at radius 2 is 1.94 bits per heavy atom. The van der Waals surface area contributed by atoms with E-state index in [0.29, 0.717) is 37.9 Å². The van der Waals surface area contributed by atoms with Crippen LogP contribution in [-0.4, -0.2) is 27.6 Å². The van der Waals surface area contributed by atoms with Crippen LogP contribution in [0.1, 0.15) is 25.3 Å². The van der Waals surface area contributed by atoms with Crippen LogP contribution < -0.4 is 5.32 Å². The number of nitrogens with one attached hydrogen (secondary N) is 1. The average molecular weight is 491 g/mol. The van der Waals surface area contributed by atoms with Gasteiger partial charge >= 0.3 is 0 Å². The number of benzene rings is 2. The highest BCUT2D eigenvalue weighted by atomic mass is 35.5. The summed E-state index contributed by atoms with van der Waals surface area (Å²) in [4.78, 5) is 27.1. The first kappa shape index (κ1) is 23.5. The molecule has 0 radical (unpaired) electrons. The summed E-state index contributed by atoms with van der Waals surface area (Å²) in [7, 11) is 0. The molecule has 0 atom stereocenters. The van der Waals surface area contributed by atoms with E-state index >= 15 is 0 Å². The molecule has 8 heteroatoms. The minimum absolute atomic E-state index is 0.128. The molecule has 1 heterocycles. The van der Waals surface area contributed by atoms with Crippen LogP contribution in [0.15, 0.2) is 65.1 Å². The van der Waals surface area contributed by atoms with Gasteiger partial charge in [0.2, 0.25) is 5.91 Å². The number of allylic oxidation sites excluding steroid dienone is 2. The van der Waals surface area contributed by atoms with Crippen molar-refractivity contribution in [1.29, 1.82) is 0 Å². The number of thioether (sulfide) groups is 1. The molecule has 31 heavy (non-hydrogen) atoms. The second-order valence-corrected chi connectivity index (χ2v) is 9.43. The second kappa shape index (κ2) is 11.0. The van der Waals surface area contributed by atoms with Gasteiger partial charge in [-0.15, -0.1) is 0 Å². The molecule has 0 aliphatic carbocycles. The van der Waals surface area contributed by atoms with Gasteiger partial charge < -0.3 is 5.32 Å². The number of nitrogens with zero attached hydrogens (tertiary/aromatic N) is 1. The zero-order valence-electron chi connectivity index (χ0n) is 16.7. The Kier molecular flexibility index (Phi) is 8.32. The zero-order valence-corrected chi connectivity index (χ0v) is 19.9. The smallest absolute Gasteiger partial charge is 0.266 e. The summed E-state index contributed by atoms with van der Waals surface area (Å²) in [6.45, 7) is 2.33. The molecule has 1 N–H and O–H groups in total. The van der Waals surface area contributed by atoms with E-state index < -0.39 is 0 Å². The summed E-state index contributed by atoms with van der Waals surface area (Å²) in [5, 5.41) is 3.63.